The Bertz CT molecular complexity index is 3830. The molecule has 0 bridgehead atoms. The van der Waals surface area contributed by atoms with Crippen LogP contribution in [-0.2, 0) is 34.2 Å². The number of allylic oxidation sites excluding steroid dienone is 1. The molecule has 0 aromatic heterocycles. The third-order valence-corrected chi connectivity index (χ3v) is 21.7. The summed E-state index contributed by atoms with van der Waals surface area (Å²) in [4.78, 5) is 85.9. The predicted octanol–water partition coefficient (Wildman–Crippen LogP) is 9.33. The van der Waals surface area contributed by atoms with Gasteiger partial charge in [-0.25, -0.2) is 21.6 Å². The fraction of sp³-hybridized carbons (Fsp3) is 0.415. The maximum absolute atomic E-state index is 14.5. The monoisotopic (exact) mass is 1330 g/mol. The van der Waals surface area contributed by atoms with E-state index in [9.17, 15) is 58.8 Å². The summed E-state index contributed by atoms with van der Waals surface area (Å²) in [5, 5.41) is 9.09. The molecular weight excluding hydrogens is 1260 g/mol. The van der Waals surface area contributed by atoms with Crippen molar-refractivity contribution in [1.29, 1.82) is 0 Å². The molecule has 484 valence electrons. The predicted molar refractivity (Wildman–Crippen MR) is 343 cm³/mol. The fourth-order valence-electron chi connectivity index (χ4n) is 12.3. The number of carbonyl (C=O) groups excluding carboxylic acids is 6. The van der Waals surface area contributed by atoms with Crippen LogP contribution >= 0.6 is 23.4 Å². The molecule has 19 nitrogen and oxygen atoms in total. The number of imide groups is 2. The van der Waals surface area contributed by atoms with Crippen LogP contribution < -0.4 is 25.6 Å². The van der Waals surface area contributed by atoms with E-state index in [1.807, 2.05) is 47.2 Å². The van der Waals surface area contributed by atoms with Gasteiger partial charge in [0.15, 0.2) is 0 Å². The first kappa shape index (κ1) is 66.6. The number of thioether (sulfide) groups is 1. The standard InChI is InChI=1S/C65H73ClF3N9O10S3/c1-64(2)28-26-51(43-14-18-46(66)19-15-43)45(40-64)41-75-33-35-76(36-34-75)48-20-16-44(17-21-48)60(81)73-91(87,88)50-22-23-53(56(39-50)90(85,86)65(67,68)69)71-47(42-89-49-9-4-3-5-10-49)27-30-74-31-37-77(38-32-74)58(80)13-6-7-29-70-54-12-8-11-52-59(54)63(84)78(62(52)83)55-24-25-57(79)72-61(55)82/h3-5,8-12,14-23,39,47,55,70-71H,6-7,13,24-38,40-42H2,1-2H3,(H,73,81)(H,72,79,82). The second kappa shape index (κ2) is 28.3. The largest absolute Gasteiger partial charge is 0.501 e. The first-order valence-electron chi connectivity index (χ1n) is 30.4. The smallest absolute Gasteiger partial charge is 0.384 e. The molecule has 5 aromatic rings. The molecule has 2 unspecified atom stereocenters. The molecule has 4 N–H and O–H groups in total. The molecule has 4 heterocycles. The summed E-state index contributed by atoms with van der Waals surface area (Å²) in [6, 6.07) is 28.9. The van der Waals surface area contributed by atoms with E-state index < -0.39 is 82.5 Å². The van der Waals surface area contributed by atoms with Crippen LogP contribution in [0.4, 0.5) is 30.2 Å². The van der Waals surface area contributed by atoms with Crippen LogP contribution in [0.5, 0.6) is 0 Å². The van der Waals surface area contributed by atoms with Crippen molar-refractivity contribution in [3.63, 3.8) is 0 Å². The average Bonchev–Trinajstić information content (AvgIpc) is 1.70. The number of hydrogen-bond donors (Lipinski definition) is 4. The van der Waals surface area contributed by atoms with Crippen LogP contribution in [0.25, 0.3) is 5.57 Å². The van der Waals surface area contributed by atoms with Crippen molar-refractivity contribution in [2.75, 3.05) is 93.3 Å². The highest BCUT2D eigenvalue weighted by Crippen LogP contribution is 2.43. The Kier molecular flexibility index (Phi) is 20.7. The molecule has 3 fully saturated rings. The summed E-state index contributed by atoms with van der Waals surface area (Å²) < 4.78 is 99.8. The number of rotatable bonds is 23. The summed E-state index contributed by atoms with van der Waals surface area (Å²) in [6.45, 7) is 11.0. The van der Waals surface area contributed by atoms with E-state index in [4.69, 9.17) is 11.6 Å². The lowest BCUT2D eigenvalue weighted by Gasteiger charge is -2.39. The highest BCUT2D eigenvalue weighted by atomic mass is 35.5. The number of benzene rings is 5. The van der Waals surface area contributed by atoms with Gasteiger partial charge in [0.05, 0.1) is 21.7 Å². The molecule has 6 amide bonds. The van der Waals surface area contributed by atoms with Gasteiger partial charge in [0.25, 0.3) is 37.6 Å². The van der Waals surface area contributed by atoms with E-state index in [1.165, 1.54) is 46.7 Å². The molecule has 2 atom stereocenters. The van der Waals surface area contributed by atoms with Crippen molar-refractivity contribution in [3.05, 3.63) is 148 Å². The van der Waals surface area contributed by atoms with E-state index in [0.29, 0.717) is 88.4 Å². The SMILES string of the molecule is CC1(C)CCC(c2ccc(Cl)cc2)=C(CN2CCN(c3ccc(C(=O)NS(=O)(=O)c4ccc(NC(CCN5CCN(C(=O)CCCCNc6cccc7c6C(=O)N(C6CCC(=O)NC6=O)C7=O)CC5)CSc5ccccc5)c(S(=O)(=O)C(F)(F)F)c4)cc3)CC2)C1. The number of nitrogens with one attached hydrogen (secondary N) is 4. The molecule has 26 heteroatoms. The van der Waals surface area contributed by atoms with Crippen molar-refractivity contribution in [3.8, 4) is 0 Å². The number of amides is 6. The van der Waals surface area contributed by atoms with Gasteiger partial charge in [-0.3, -0.25) is 48.8 Å². The number of fused-ring (bicyclic) bond motifs is 1. The van der Waals surface area contributed by atoms with Crippen molar-refractivity contribution in [1.82, 2.24) is 29.6 Å². The number of hydrogen-bond acceptors (Lipinski definition) is 16. The Balaban J connectivity index is 0.726. The number of sulfone groups is 1. The number of piperidine rings is 1. The Morgan fingerprint density at radius 2 is 1.48 bits per heavy atom. The number of sulfonamides is 1. The zero-order chi connectivity index (χ0) is 64.8. The van der Waals surface area contributed by atoms with Crippen molar-refractivity contribution in [2.45, 2.75) is 104 Å². The second-order valence-electron chi connectivity index (χ2n) is 24.3. The Morgan fingerprint density at radius 1 is 0.780 bits per heavy atom. The molecule has 5 aliphatic rings. The van der Waals surface area contributed by atoms with Crippen LogP contribution in [0.1, 0.15) is 108 Å². The normalized spacial score (nSPS) is 18.9. The quantitative estimate of drug-likeness (QED) is 0.0271. The minimum Gasteiger partial charge on any atom is -0.384 e. The molecule has 10 rings (SSSR count). The Labute approximate surface area is 537 Å². The van der Waals surface area contributed by atoms with Crippen LogP contribution in [0.3, 0.4) is 0 Å². The highest BCUT2D eigenvalue weighted by molar-refractivity contribution is 7.99. The molecular formula is C65H73ClF3N9O10S3. The highest BCUT2D eigenvalue weighted by Gasteiger charge is 2.49. The number of unbranched alkanes of at least 4 members (excludes halogenated alkanes) is 1. The molecule has 1 aliphatic carbocycles. The summed E-state index contributed by atoms with van der Waals surface area (Å²) in [7, 11) is -11.1. The molecule has 5 aromatic carbocycles. The maximum Gasteiger partial charge on any atom is 0.501 e. The van der Waals surface area contributed by atoms with Crippen LogP contribution in [0.15, 0.2) is 136 Å². The van der Waals surface area contributed by atoms with Crippen LogP contribution in [0, 0.1) is 5.41 Å². The number of halogens is 4. The van der Waals surface area contributed by atoms with Gasteiger partial charge in [-0.15, -0.1) is 11.8 Å². The van der Waals surface area contributed by atoms with Gasteiger partial charge in [-0.1, -0.05) is 67.4 Å². The Hall–Kier alpha value is -7.29. The third kappa shape index (κ3) is 16.0. The lowest BCUT2D eigenvalue weighted by molar-refractivity contribution is -0.136. The average molecular weight is 1330 g/mol. The number of anilines is 3. The number of carbonyl (C=O) groups is 6. The first-order chi connectivity index (χ1) is 43.3. The lowest BCUT2D eigenvalue weighted by atomic mass is 9.73. The third-order valence-electron chi connectivity index (χ3n) is 17.4. The lowest BCUT2D eigenvalue weighted by Crippen LogP contribution is -2.54. The number of nitrogens with zero attached hydrogens (tertiary/aromatic N) is 5. The second-order valence-corrected chi connectivity index (χ2v) is 29.4. The van der Waals surface area contributed by atoms with E-state index in [0.717, 1.165) is 66.5 Å². The van der Waals surface area contributed by atoms with Gasteiger partial charge < -0.3 is 20.4 Å². The van der Waals surface area contributed by atoms with E-state index in [2.05, 4.69) is 56.6 Å². The van der Waals surface area contributed by atoms with Crippen molar-refractivity contribution >= 4 is 101 Å². The van der Waals surface area contributed by atoms with Gasteiger partial charge in [0.2, 0.25) is 17.7 Å². The Morgan fingerprint density at radius 3 is 2.18 bits per heavy atom. The molecule has 0 saturated carbocycles. The number of piperazine rings is 2. The van der Waals surface area contributed by atoms with Gasteiger partial charge in [-0.05, 0) is 140 Å². The van der Waals surface area contributed by atoms with Crippen LogP contribution in [-0.4, -0.2) is 167 Å². The van der Waals surface area contributed by atoms with Gasteiger partial charge in [-0.2, -0.15) is 13.2 Å². The number of alkyl halides is 3. The van der Waals surface area contributed by atoms with Crippen molar-refractivity contribution < 1.29 is 58.8 Å². The van der Waals surface area contributed by atoms with Crippen molar-refractivity contribution in [2.24, 2.45) is 5.41 Å². The van der Waals surface area contributed by atoms with E-state index >= 15 is 0 Å². The molecule has 4 aliphatic heterocycles. The van der Waals surface area contributed by atoms with Gasteiger partial charge >= 0.3 is 5.51 Å². The molecule has 91 heavy (non-hydrogen) atoms. The van der Waals surface area contributed by atoms with E-state index in [1.54, 1.807) is 29.2 Å². The van der Waals surface area contributed by atoms with Gasteiger partial charge in [0, 0.05) is 123 Å². The summed E-state index contributed by atoms with van der Waals surface area (Å²) in [6.07, 6.45) is 4.73. The molecule has 0 spiro atoms. The zero-order valence-corrected chi connectivity index (χ0v) is 53.7. The first-order valence-corrected chi connectivity index (χ1v) is 34.8. The minimum absolute atomic E-state index is 0.00198. The topological polar surface area (TPSA) is 235 Å². The summed E-state index contributed by atoms with van der Waals surface area (Å²) in [5.74, 6) is -3.27. The van der Waals surface area contributed by atoms with E-state index in [-0.39, 0.29) is 53.0 Å². The summed E-state index contributed by atoms with van der Waals surface area (Å²) in [5.41, 5.74) is -0.628. The minimum atomic E-state index is -6.17. The van der Waals surface area contributed by atoms with Crippen LogP contribution in [0.2, 0.25) is 5.02 Å². The zero-order valence-electron chi connectivity index (χ0n) is 50.5. The molecule has 3 saturated heterocycles. The van der Waals surface area contributed by atoms with Gasteiger partial charge in [0.1, 0.15) is 10.9 Å². The molecule has 0 radical (unpaired) electrons. The fourth-order valence-corrected chi connectivity index (χ4v) is 15.5. The summed E-state index contributed by atoms with van der Waals surface area (Å²) >= 11 is 7.60. The maximum atomic E-state index is 14.5.